The molecular formula is C24H28Cl2N2O5. The molecule has 0 amide bonds. The van der Waals surface area contributed by atoms with Crippen LogP contribution in [-0.2, 0) is 0 Å². The zero-order chi connectivity index (χ0) is 24.1. The molecule has 33 heavy (non-hydrogen) atoms. The van der Waals surface area contributed by atoms with Crippen LogP contribution < -0.4 is 4.74 Å². The Morgan fingerprint density at radius 1 is 1.15 bits per heavy atom. The summed E-state index contributed by atoms with van der Waals surface area (Å²) in [5.41, 5.74) is -0.0181. The third-order valence-corrected chi connectivity index (χ3v) is 6.78. The van der Waals surface area contributed by atoms with Crippen LogP contribution in [0.4, 0.5) is 0 Å². The number of aryl methyl sites for hydroxylation is 1. The maximum atomic E-state index is 12.0. The fraction of sp³-hybridized carbons (Fsp3) is 0.458. The third-order valence-electron chi connectivity index (χ3n) is 6.11. The van der Waals surface area contributed by atoms with E-state index in [1.165, 1.54) is 31.2 Å². The number of carbonyl (C=O) groups is 2. The number of halogens is 2. The molecule has 1 saturated heterocycles. The Morgan fingerprint density at radius 2 is 1.82 bits per heavy atom. The summed E-state index contributed by atoms with van der Waals surface area (Å²) in [6, 6.07) is 2.80. The molecule has 178 valence electrons. The number of carboxylic acid groups (broad SMARTS) is 2. The number of likely N-dealkylation sites (tertiary alicyclic amines) is 1. The second-order valence-corrected chi connectivity index (χ2v) is 9.26. The molecule has 0 aliphatic carbocycles. The Morgan fingerprint density at radius 3 is 2.45 bits per heavy atom. The SMILES string of the molecule is Cc1cc(Cl)c(C(=O)O)c(-c2ccnc(OCCCCC3CCN(C)CC3)c2Cl)c1C(=O)O. The van der Waals surface area contributed by atoms with Crippen molar-refractivity contribution in [2.45, 2.75) is 39.0 Å². The third kappa shape index (κ3) is 5.96. The Hall–Kier alpha value is -2.35. The standard InChI is InChI=1S/C24H28Cl2N2O5/c1-14-13-17(25)20(24(31)32)19(18(14)23(29)30)16-6-9-27-22(21(16)26)33-12-4-3-5-15-7-10-28(2)11-8-15/h6,9,13,15H,3-5,7-8,10-12H2,1-2H3,(H,29,30)(H,31,32). The smallest absolute Gasteiger partial charge is 0.337 e. The number of hydrogen-bond acceptors (Lipinski definition) is 5. The topological polar surface area (TPSA) is 100.0 Å². The van der Waals surface area contributed by atoms with Gasteiger partial charge in [-0.3, -0.25) is 0 Å². The molecule has 0 spiro atoms. The van der Waals surface area contributed by atoms with Crippen LogP contribution in [0.2, 0.25) is 10.0 Å². The van der Waals surface area contributed by atoms with Crippen LogP contribution in [-0.4, -0.2) is 58.8 Å². The molecule has 0 bridgehead atoms. The number of nitrogens with zero attached hydrogens (tertiary/aromatic N) is 2. The summed E-state index contributed by atoms with van der Waals surface area (Å²) in [7, 11) is 2.15. The molecule has 2 N–H and O–H groups in total. The first-order valence-electron chi connectivity index (χ1n) is 11.0. The number of piperidine rings is 1. The summed E-state index contributed by atoms with van der Waals surface area (Å²) in [6.45, 7) is 4.26. The monoisotopic (exact) mass is 494 g/mol. The van der Waals surface area contributed by atoms with E-state index < -0.39 is 11.9 Å². The lowest BCUT2D eigenvalue weighted by Gasteiger charge is -2.28. The van der Waals surface area contributed by atoms with Crippen molar-refractivity contribution >= 4 is 35.1 Å². The van der Waals surface area contributed by atoms with Crippen molar-refractivity contribution in [2.24, 2.45) is 5.92 Å². The number of hydrogen-bond donors (Lipinski definition) is 2. The number of aromatic carboxylic acids is 2. The van der Waals surface area contributed by atoms with Crippen molar-refractivity contribution in [3.8, 4) is 17.0 Å². The predicted octanol–water partition coefficient (Wildman–Crippen LogP) is 5.65. The summed E-state index contributed by atoms with van der Waals surface area (Å²) in [5.74, 6) is -1.73. The van der Waals surface area contributed by atoms with Gasteiger partial charge in [0.05, 0.1) is 22.8 Å². The van der Waals surface area contributed by atoms with Gasteiger partial charge in [-0.2, -0.15) is 0 Å². The van der Waals surface area contributed by atoms with Gasteiger partial charge in [0.1, 0.15) is 5.02 Å². The second kappa shape index (κ2) is 11.2. The minimum absolute atomic E-state index is 0.0551. The second-order valence-electron chi connectivity index (χ2n) is 8.48. The van der Waals surface area contributed by atoms with Crippen molar-refractivity contribution < 1.29 is 24.5 Å². The largest absolute Gasteiger partial charge is 0.478 e. The van der Waals surface area contributed by atoms with E-state index in [9.17, 15) is 19.8 Å². The Balaban J connectivity index is 1.78. The number of benzene rings is 1. The minimum atomic E-state index is -1.35. The van der Waals surface area contributed by atoms with Crippen LogP contribution in [0.5, 0.6) is 5.88 Å². The Bertz CT molecular complexity index is 998. The van der Waals surface area contributed by atoms with E-state index in [-0.39, 0.29) is 38.2 Å². The van der Waals surface area contributed by atoms with E-state index in [0.717, 1.165) is 38.3 Å². The average Bonchev–Trinajstić information content (AvgIpc) is 2.74. The van der Waals surface area contributed by atoms with Gasteiger partial charge < -0.3 is 19.8 Å². The van der Waals surface area contributed by atoms with Gasteiger partial charge >= 0.3 is 11.9 Å². The number of rotatable bonds is 9. The van der Waals surface area contributed by atoms with E-state index in [1.807, 2.05) is 0 Å². The lowest BCUT2D eigenvalue weighted by molar-refractivity contribution is 0.0695. The molecule has 2 aromatic rings. The maximum Gasteiger partial charge on any atom is 0.337 e. The zero-order valence-corrected chi connectivity index (χ0v) is 20.2. The maximum absolute atomic E-state index is 12.0. The van der Waals surface area contributed by atoms with Crippen molar-refractivity contribution in [3.63, 3.8) is 0 Å². The minimum Gasteiger partial charge on any atom is -0.478 e. The fourth-order valence-electron chi connectivity index (χ4n) is 4.30. The quantitative estimate of drug-likeness (QED) is 0.434. The van der Waals surface area contributed by atoms with E-state index in [2.05, 4.69) is 16.9 Å². The first kappa shape index (κ1) is 25.3. The van der Waals surface area contributed by atoms with Gasteiger partial charge in [0, 0.05) is 17.3 Å². The first-order valence-corrected chi connectivity index (χ1v) is 11.7. The molecule has 1 aliphatic rings. The van der Waals surface area contributed by atoms with Crippen molar-refractivity contribution in [1.82, 2.24) is 9.88 Å². The fourth-order valence-corrected chi connectivity index (χ4v) is 4.90. The lowest BCUT2D eigenvalue weighted by atomic mass is 9.91. The van der Waals surface area contributed by atoms with Crippen molar-refractivity contribution in [2.75, 3.05) is 26.7 Å². The molecule has 0 atom stereocenters. The number of carboxylic acids is 2. The Labute approximate surface area is 203 Å². The number of unbranched alkanes of at least 4 members (excludes halogenated alkanes) is 1. The van der Waals surface area contributed by atoms with Crippen LogP contribution >= 0.6 is 23.2 Å². The van der Waals surface area contributed by atoms with Crippen molar-refractivity contribution in [1.29, 1.82) is 0 Å². The van der Waals surface area contributed by atoms with Gasteiger partial charge in [0.15, 0.2) is 0 Å². The highest BCUT2D eigenvalue weighted by Gasteiger charge is 2.27. The van der Waals surface area contributed by atoms with Crippen LogP contribution in [0.25, 0.3) is 11.1 Å². The molecule has 1 aromatic heterocycles. The summed E-state index contributed by atoms with van der Waals surface area (Å²) >= 11 is 12.7. The normalized spacial score (nSPS) is 14.9. The average molecular weight is 495 g/mol. The molecule has 7 nitrogen and oxygen atoms in total. The van der Waals surface area contributed by atoms with Gasteiger partial charge in [-0.25, -0.2) is 14.6 Å². The zero-order valence-electron chi connectivity index (χ0n) is 18.7. The highest BCUT2D eigenvalue weighted by molar-refractivity contribution is 6.37. The van der Waals surface area contributed by atoms with Gasteiger partial charge in [-0.1, -0.05) is 29.6 Å². The van der Waals surface area contributed by atoms with E-state index in [1.54, 1.807) is 6.92 Å². The van der Waals surface area contributed by atoms with E-state index in [0.29, 0.717) is 12.2 Å². The van der Waals surface area contributed by atoms with Gasteiger partial charge in [-0.05, 0) is 76.4 Å². The number of aromatic nitrogens is 1. The summed E-state index contributed by atoms with van der Waals surface area (Å²) in [6.07, 6.45) is 6.90. The molecule has 3 rings (SSSR count). The number of ether oxygens (including phenoxy) is 1. The molecule has 2 heterocycles. The van der Waals surface area contributed by atoms with Crippen molar-refractivity contribution in [3.05, 3.63) is 45.1 Å². The first-order chi connectivity index (χ1) is 15.7. The van der Waals surface area contributed by atoms with Gasteiger partial charge in [-0.15, -0.1) is 0 Å². The van der Waals surface area contributed by atoms with E-state index >= 15 is 0 Å². The molecule has 1 aromatic carbocycles. The Kier molecular flexibility index (Phi) is 8.57. The van der Waals surface area contributed by atoms with Gasteiger partial charge in [0.25, 0.3) is 0 Å². The molecule has 9 heteroatoms. The van der Waals surface area contributed by atoms with Crippen LogP contribution in [0.1, 0.15) is 58.4 Å². The molecule has 0 saturated carbocycles. The van der Waals surface area contributed by atoms with E-state index in [4.69, 9.17) is 27.9 Å². The predicted molar refractivity (Wildman–Crippen MR) is 128 cm³/mol. The van der Waals surface area contributed by atoms with Gasteiger partial charge in [0.2, 0.25) is 5.88 Å². The molecule has 1 aliphatic heterocycles. The van der Waals surface area contributed by atoms with Crippen LogP contribution in [0.3, 0.4) is 0 Å². The summed E-state index contributed by atoms with van der Waals surface area (Å²) in [5, 5.41) is 19.5. The lowest BCUT2D eigenvalue weighted by Crippen LogP contribution is -2.30. The van der Waals surface area contributed by atoms with Crippen LogP contribution in [0, 0.1) is 12.8 Å². The summed E-state index contributed by atoms with van der Waals surface area (Å²) < 4.78 is 5.79. The molecule has 0 radical (unpaired) electrons. The highest BCUT2D eigenvalue weighted by Crippen LogP contribution is 2.41. The molecular weight excluding hydrogens is 467 g/mol. The molecule has 1 fully saturated rings. The van der Waals surface area contributed by atoms with Crippen LogP contribution in [0.15, 0.2) is 18.3 Å². The highest BCUT2D eigenvalue weighted by atomic mass is 35.5. The summed E-state index contributed by atoms with van der Waals surface area (Å²) in [4.78, 5) is 30.4. The molecule has 0 unspecified atom stereocenters. The number of pyridine rings is 1.